The molecule has 2 amide bonds. The van der Waals surface area contributed by atoms with Crippen molar-refractivity contribution in [2.75, 3.05) is 6.54 Å². The fourth-order valence-corrected chi connectivity index (χ4v) is 2.40. The zero-order valence-corrected chi connectivity index (χ0v) is 14.3. The van der Waals surface area contributed by atoms with Crippen molar-refractivity contribution < 1.29 is 13.7 Å². The van der Waals surface area contributed by atoms with Gasteiger partial charge in [0, 0.05) is 12.1 Å². The summed E-state index contributed by atoms with van der Waals surface area (Å²) < 4.78 is 18.2. The second-order valence-corrected chi connectivity index (χ2v) is 5.82. The molecule has 0 bridgehead atoms. The first kappa shape index (κ1) is 17.6. The van der Waals surface area contributed by atoms with Crippen LogP contribution in [-0.4, -0.2) is 22.7 Å². The highest BCUT2D eigenvalue weighted by molar-refractivity contribution is 5.74. The first-order valence-corrected chi connectivity index (χ1v) is 8.29. The summed E-state index contributed by atoms with van der Waals surface area (Å²) in [6.07, 6.45) is 0.748. The summed E-state index contributed by atoms with van der Waals surface area (Å²) in [6.45, 7) is 2.27. The van der Waals surface area contributed by atoms with Gasteiger partial charge in [-0.2, -0.15) is 4.98 Å². The Morgan fingerprint density at radius 1 is 1.15 bits per heavy atom. The van der Waals surface area contributed by atoms with Crippen LogP contribution in [0.25, 0.3) is 11.4 Å². The van der Waals surface area contributed by atoms with E-state index in [9.17, 15) is 9.18 Å². The number of nitrogens with one attached hydrogen (secondary N) is 2. The molecule has 1 unspecified atom stereocenters. The average Bonchev–Trinajstić information content (AvgIpc) is 3.13. The molecule has 0 radical (unpaired) electrons. The van der Waals surface area contributed by atoms with Crippen LogP contribution in [0.4, 0.5) is 9.18 Å². The van der Waals surface area contributed by atoms with Crippen LogP contribution < -0.4 is 10.6 Å². The molecule has 7 heteroatoms. The number of rotatable bonds is 6. The summed E-state index contributed by atoms with van der Waals surface area (Å²) in [7, 11) is 0. The molecule has 0 saturated carbocycles. The van der Waals surface area contributed by atoms with E-state index < -0.39 is 6.04 Å². The molecule has 0 aliphatic rings. The van der Waals surface area contributed by atoms with E-state index in [2.05, 4.69) is 20.8 Å². The third kappa shape index (κ3) is 4.66. The van der Waals surface area contributed by atoms with Crippen molar-refractivity contribution in [3.63, 3.8) is 0 Å². The number of hydrogen-bond acceptors (Lipinski definition) is 4. The van der Waals surface area contributed by atoms with Crippen molar-refractivity contribution in [1.82, 2.24) is 20.8 Å². The van der Waals surface area contributed by atoms with Crippen LogP contribution in [0.15, 0.2) is 59.1 Å². The number of carbonyl (C=O) groups is 1. The predicted molar refractivity (Wildman–Crippen MR) is 94.8 cm³/mol. The Balaban J connectivity index is 1.50. The lowest BCUT2D eigenvalue weighted by Crippen LogP contribution is -2.38. The van der Waals surface area contributed by atoms with E-state index in [-0.39, 0.29) is 17.7 Å². The Hall–Kier alpha value is -3.22. The van der Waals surface area contributed by atoms with Crippen molar-refractivity contribution in [2.45, 2.75) is 19.4 Å². The molecule has 3 aromatic rings. The number of benzene rings is 2. The summed E-state index contributed by atoms with van der Waals surface area (Å²) in [5.41, 5.74) is 1.79. The standard InChI is InChI=1S/C19H19FN4O2/c1-13(22-19(25)21-12-11-14-5-3-2-4-6-14)18-23-17(24-26-18)15-7-9-16(20)10-8-15/h2-10,13H,11-12H2,1H3,(H2,21,22,25). The fraction of sp³-hybridized carbons (Fsp3) is 0.211. The normalized spacial score (nSPS) is 11.8. The molecule has 6 nitrogen and oxygen atoms in total. The van der Waals surface area contributed by atoms with Crippen LogP contribution in [-0.2, 0) is 6.42 Å². The molecule has 0 aliphatic heterocycles. The van der Waals surface area contributed by atoms with E-state index >= 15 is 0 Å². The van der Waals surface area contributed by atoms with Crippen molar-refractivity contribution in [3.05, 3.63) is 71.9 Å². The lowest BCUT2D eigenvalue weighted by molar-refractivity contribution is 0.234. The minimum atomic E-state index is -0.451. The van der Waals surface area contributed by atoms with Crippen LogP contribution in [0.2, 0.25) is 0 Å². The van der Waals surface area contributed by atoms with E-state index in [0.717, 1.165) is 12.0 Å². The zero-order valence-electron chi connectivity index (χ0n) is 14.3. The number of nitrogens with zero attached hydrogens (tertiary/aromatic N) is 2. The molecule has 0 aliphatic carbocycles. The molecule has 26 heavy (non-hydrogen) atoms. The number of aromatic nitrogens is 2. The maximum Gasteiger partial charge on any atom is 0.315 e. The summed E-state index contributed by atoms with van der Waals surface area (Å²) in [5.74, 6) is 0.292. The Bertz CT molecular complexity index is 849. The van der Waals surface area contributed by atoms with Crippen LogP contribution in [0.3, 0.4) is 0 Å². The minimum Gasteiger partial charge on any atom is -0.338 e. The maximum absolute atomic E-state index is 13.0. The van der Waals surface area contributed by atoms with Crippen molar-refractivity contribution >= 4 is 6.03 Å². The minimum absolute atomic E-state index is 0.280. The van der Waals surface area contributed by atoms with Crippen molar-refractivity contribution in [3.8, 4) is 11.4 Å². The average molecular weight is 354 g/mol. The molecule has 2 aromatic carbocycles. The Kier molecular flexibility index (Phi) is 5.58. The molecule has 134 valence electrons. The highest BCUT2D eigenvalue weighted by atomic mass is 19.1. The summed E-state index contributed by atoms with van der Waals surface area (Å²) in [5, 5.41) is 9.41. The molecule has 0 fully saturated rings. The lowest BCUT2D eigenvalue weighted by atomic mass is 10.1. The number of hydrogen-bond donors (Lipinski definition) is 2. The topological polar surface area (TPSA) is 80.0 Å². The van der Waals surface area contributed by atoms with E-state index in [1.54, 1.807) is 19.1 Å². The Morgan fingerprint density at radius 2 is 1.88 bits per heavy atom. The third-order valence-corrected chi connectivity index (χ3v) is 3.80. The number of amides is 2. The van der Waals surface area contributed by atoms with Crippen LogP contribution in [0.5, 0.6) is 0 Å². The first-order valence-electron chi connectivity index (χ1n) is 8.29. The fourth-order valence-electron chi connectivity index (χ4n) is 2.40. The van der Waals surface area contributed by atoms with Gasteiger partial charge in [0.25, 0.3) is 0 Å². The van der Waals surface area contributed by atoms with Crippen LogP contribution in [0.1, 0.15) is 24.4 Å². The molecule has 2 N–H and O–H groups in total. The predicted octanol–water partition coefficient (Wildman–Crippen LogP) is 3.48. The van der Waals surface area contributed by atoms with Crippen LogP contribution in [0, 0.1) is 5.82 Å². The van der Waals surface area contributed by atoms with Gasteiger partial charge in [-0.15, -0.1) is 0 Å². The zero-order chi connectivity index (χ0) is 18.4. The molecular formula is C19H19FN4O2. The molecular weight excluding hydrogens is 335 g/mol. The van der Waals surface area contributed by atoms with E-state index in [0.29, 0.717) is 17.9 Å². The summed E-state index contributed by atoms with van der Waals surface area (Å²) in [6, 6.07) is 14.9. The van der Waals surface area contributed by atoms with Gasteiger partial charge in [-0.25, -0.2) is 9.18 Å². The molecule has 0 spiro atoms. The first-order chi connectivity index (χ1) is 12.6. The quantitative estimate of drug-likeness (QED) is 0.710. The van der Waals surface area contributed by atoms with Gasteiger partial charge >= 0.3 is 6.03 Å². The smallest absolute Gasteiger partial charge is 0.315 e. The largest absolute Gasteiger partial charge is 0.338 e. The second kappa shape index (κ2) is 8.24. The SMILES string of the molecule is CC(NC(=O)NCCc1ccccc1)c1nc(-c2ccc(F)cc2)no1. The molecule has 1 atom stereocenters. The number of halogens is 1. The van der Waals surface area contributed by atoms with E-state index in [1.165, 1.54) is 12.1 Å². The van der Waals surface area contributed by atoms with Gasteiger partial charge < -0.3 is 15.2 Å². The highest BCUT2D eigenvalue weighted by Crippen LogP contribution is 2.18. The van der Waals surface area contributed by atoms with E-state index in [1.807, 2.05) is 30.3 Å². The third-order valence-electron chi connectivity index (χ3n) is 3.80. The molecule has 1 heterocycles. The highest BCUT2D eigenvalue weighted by Gasteiger charge is 2.17. The van der Waals surface area contributed by atoms with Gasteiger partial charge in [0.15, 0.2) is 0 Å². The van der Waals surface area contributed by atoms with Crippen molar-refractivity contribution in [1.29, 1.82) is 0 Å². The van der Waals surface area contributed by atoms with Gasteiger partial charge in [-0.1, -0.05) is 35.5 Å². The van der Waals surface area contributed by atoms with Gasteiger partial charge in [0.2, 0.25) is 11.7 Å². The van der Waals surface area contributed by atoms with Crippen LogP contribution >= 0.6 is 0 Å². The van der Waals surface area contributed by atoms with Gasteiger partial charge in [0.05, 0.1) is 0 Å². The molecule has 1 aromatic heterocycles. The van der Waals surface area contributed by atoms with Gasteiger partial charge in [0.1, 0.15) is 11.9 Å². The Labute approximate surface area is 150 Å². The van der Waals surface area contributed by atoms with Gasteiger partial charge in [-0.05, 0) is 43.2 Å². The van der Waals surface area contributed by atoms with Crippen molar-refractivity contribution in [2.24, 2.45) is 0 Å². The number of carbonyl (C=O) groups excluding carboxylic acids is 1. The monoisotopic (exact) mass is 354 g/mol. The Morgan fingerprint density at radius 3 is 2.62 bits per heavy atom. The lowest BCUT2D eigenvalue weighted by Gasteiger charge is -2.11. The molecule has 3 rings (SSSR count). The summed E-state index contributed by atoms with van der Waals surface area (Å²) in [4.78, 5) is 16.2. The van der Waals surface area contributed by atoms with Gasteiger partial charge in [-0.3, -0.25) is 0 Å². The second-order valence-electron chi connectivity index (χ2n) is 5.82. The molecule has 0 saturated heterocycles. The van der Waals surface area contributed by atoms with E-state index in [4.69, 9.17) is 4.52 Å². The summed E-state index contributed by atoms with van der Waals surface area (Å²) >= 11 is 0. The maximum atomic E-state index is 13.0. The number of urea groups is 1.